The van der Waals surface area contributed by atoms with Gasteiger partial charge in [0.1, 0.15) is 12.4 Å². The molecular weight excluding hydrogens is 238 g/mol. The third-order valence-electron chi connectivity index (χ3n) is 2.80. The monoisotopic (exact) mass is 259 g/mol. The van der Waals surface area contributed by atoms with Gasteiger partial charge in [-0.1, -0.05) is 26.0 Å². The highest BCUT2D eigenvalue weighted by molar-refractivity contribution is 5.27. The molecule has 0 fully saturated rings. The lowest BCUT2D eigenvalue weighted by atomic mass is 10.2. The van der Waals surface area contributed by atoms with E-state index in [2.05, 4.69) is 36.4 Å². The van der Waals surface area contributed by atoms with Crippen LogP contribution in [0.3, 0.4) is 0 Å². The van der Waals surface area contributed by atoms with Crippen LogP contribution in [0, 0.1) is 0 Å². The maximum absolute atomic E-state index is 5.71. The van der Waals surface area contributed by atoms with Crippen LogP contribution in [0.25, 0.3) is 0 Å². The Balaban J connectivity index is 1.84. The number of aryl methyl sites for hydroxylation is 1. The molecular formula is C15H21N3O. The van der Waals surface area contributed by atoms with Crippen LogP contribution in [0.2, 0.25) is 0 Å². The van der Waals surface area contributed by atoms with Crippen molar-refractivity contribution in [3.8, 4) is 5.75 Å². The Morgan fingerprint density at radius 3 is 2.53 bits per heavy atom. The van der Waals surface area contributed by atoms with Gasteiger partial charge in [-0.15, -0.1) is 0 Å². The summed E-state index contributed by atoms with van der Waals surface area (Å²) in [5.41, 5.74) is 2.34. The number of hydrogen-bond donors (Lipinski definition) is 1. The second-order valence-corrected chi connectivity index (χ2v) is 4.99. The van der Waals surface area contributed by atoms with Crippen LogP contribution in [0.5, 0.6) is 5.75 Å². The molecule has 2 rings (SSSR count). The van der Waals surface area contributed by atoms with E-state index in [-0.39, 0.29) is 0 Å². The van der Waals surface area contributed by atoms with Gasteiger partial charge in [-0.3, -0.25) is 4.68 Å². The number of nitrogens with zero attached hydrogens (tertiary/aromatic N) is 2. The molecule has 0 spiro atoms. The van der Waals surface area contributed by atoms with E-state index in [0.717, 1.165) is 17.9 Å². The third-order valence-corrected chi connectivity index (χ3v) is 2.80. The maximum atomic E-state index is 5.71. The smallest absolute Gasteiger partial charge is 0.119 e. The quantitative estimate of drug-likeness (QED) is 0.866. The summed E-state index contributed by atoms with van der Waals surface area (Å²) >= 11 is 0. The molecule has 0 amide bonds. The molecule has 19 heavy (non-hydrogen) atoms. The number of benzene rings is 1. The van der Waals surface area contributed by atoms with Gasteiger partial charge in [0.15, 0.2) is 0 Å². The molecule has 1 heterocycles. The molecule has 4 nitrogen and oxygen atoms in total. The Labute approximate surface area is 114 Å². The minimum absolute atomic E-state index is 0.501. The second-order valence-electron chi connectivity index (χ2n) is 4.99. The molecule has 0 atom stereocenters. The van der Waals surface area contributed by atoms with E-state index < -0.39 is 0 Å². The Morgan fingerprint density at radius 2 is 1.95 bits per heavy atom. The van der Waals surface area contributed by atoms with Gasteiger partial charge in [-0.2, -0.15) is 5.10 Å². The molecule has 102 valence electrons. The zero-order valence-corrected chi connectivity index (χ0v) is 11.8. The first-order valence-electron chi connectivity index (χ1n) is 6.56. The molecule has 2 aromatic rings. The highest BCUT2D eigenvalue weighted by Crippen LogP contribution is 2.14. The molecule has 0 aliphatic heterocycles. The average molecular weight is 259 g/mol. The zero-order valence-electron chi connectivity index (χ0n) is 11.8. The Morgan fingerprint density at radius 1 is 1.21 bits per heavy atom. The normalized spacial score (nSPS) is 10.9. The summed E-state index contributed by atoms with van der Waals surface area (Å²) < 4.78 is 7.49. The van der Waals surface area contributed by atoms with E-state index in [9.17, 15) is 0 Å². The molecule has 4 heteroatoms. The standard InChI is InChI=1S/C15H21N3O/c1-12(2)16-8-13-4-6-15(7-5-13)19-11-14-9-17-18(3)10-14/h4-7,9-10,12,16H,8,11H2,1-3H3. The van der Waals surface area contributed by atoms with Crippen LogP contribution in [0.15, 0.2) is 36.7 Å². The van der Waals surface area contributed by atoms with E-state index in [0.29, 0.717) is 12.6 Å². The molecule has 1 aromatic heterocycles. The first kappa shape index (κ1) is 13.6. The van der Waals surface area contributed by atoms with Crippen molar-refractivity contribution < 1.29 is 4.74 Å². The van der Waals surface area contributed by atoms with Crippen LogP contribution in [-0.4, -0.2) is 15.8 Å². The first-order chi connectivity index (χ1) is 9.13. The van der Waals surface area contributed by atoms with Crippen molar-refractivity contribution in [2.24, 2.45) is 7.05 Å². The maximum Gasteiger partial charge on any atom is 0.119 e. The summed E-state index contributed by atoms with van der Waals surface area (Å²) in [4.78, 5) is 0. The molecule has 0 saturated carbocycles. The van der Waals surface area contributed by atoms with Crippen molar-refractivity contribution in [3.05, 3.63) is 47.8 Å². The van der Waals surface area contributed by atoms with E-state index in [1.54, 1.807) is 4.68 Å². The van der Waals surface area contributed by atoms with Gasteiger partial charge in [-0.05, 0) is 17.7 Å². The number of rotatable bonds is 6. The summed E-state index contributed by atoms with van der Waals surface area (Å²) in [6, 6.07) is 8.70. The largest absolute Gasteiger partial charge is 0.489 e. The minimum atomic E-state index is 0.501. The van der Waals surface area contributed by atoms with Crippen LogP contribution in [0.1, 0.15) is 25.0 Å². The highest BCUT2D eigenvalue weighted by atomic mass is 16.5. The highest BCUT2D eigenvalue weighted by Gasteiger charge is 1.99. The minimum Gasteiger partial charge on any atom is -0.489 e. The van der Waals surface area contributed by atoms with Gasteiger partial charge < -0.3 is 10.1 Å². The van der Waals surface area contributed by atoms with Gasteiger partial charge in [0, 0.05) is 31.4 Å². The number of ether oxygens (including phenoxy) is 1. The molecule has 0 saturated heterocycles. The fraction of sp³-hybridized carbons (Fsp3) is 0.400. The first-order valence-corrected chi connectivity index (χ1v) is 6.56. The number of hydrogen-bond acceptors (Lipinski definition) is 3. The predicted molar refractivity (Wildman–Crippen MR) is 76.0 cm³/mol. The average Bonchev–Trinajstić information content (AvgIpc) is 2.81. The van der Waals surface area contributed by atoms with Crippen LogP contribution >= 0.6 is 0 Å². The van der Waals surface area contributed by atoms with Crippen molar-refractivity contribution in [2.45, 2.75) is 33.0 Å². The molecule has 0 unspecified atom stereocenters. The SMILES string of the molecule is CC(C)NCc1ccc(OCc2cnn(C)c2)cc1. The van der Waals surface area contributed by atoms with Gasteiger partial charge in [0.2, 0.25) is 0 Å². The van der Waals surface area contributed by atoms with Crippen molar-refractivity contribution in [2.75, 3.05) is 0 Å². The van der Waals surface area contributed by atoms with E-state index in [1.807, 2.05) is 31.6 Å². The van der Waals surface area contributed by atoms with Crippen molar-refractivity contribution in [1.29, 1.82) is 0 Å². The molecule has 1 N–H and O–H groups in total. The third kappa shape index (κ3) is 4.41. The van der Waals surface area contributed by atoms with Gasteiger partial charge >= 0.3 is 0 Å². The fourth-order valence-corrected chi connectivity index (χ4v) is 1.74. The Kier molecular flexibility index (Phi) is 4.58. The predicted octanol–water partition coefficient (Wildman–Crippen LogP) is 2.50. The molecule has 0 bridgehead atoms. The van der Waals surface area contributed by atoms with E-state index in [1.165, 1.54) is 5.56 Å². The van der Waals surface area contributed by atoms with Gasteiger partial charge in [0.25, 0.3) is 0 Å². The zero-order chi connectivity index (χ0) is 13.7. The summed E-state index contributed by atoms with van der Waals surface area (Å²) in [6.07, 6.45) is 3.78. The van der Waals surface area contributed by atoms with Crippen molar-refractivity contribution in [1.82, 2.24) is 15.1 Å². The fourth-order valence-electron chi connectivity index (χ4n) is 1.74. The number of nitrogens with one attached hydrogen (secondary N) is 1. The van der Waals surface area contributed by atoms with Crippen molar-refractivity contribution >= 4 is 0 Å². The molecule has 1 aromatic carbocycles. The molecule has 0 aliphatic rings. The lowest BCUT2D eigenvalue weighted by molar-refractivity contribution is 0.306. The summed E-state index contributed by atoms with van der Waals surface area (Å²) in [7, 11) is 1.90. The van der Waals surface area contributed by atoms with Gasteiger partial charge in [-0.25, -0.2) is 0 Å². The Bertz CT molecular complexity index is 502. The van der Waals surface area contributed by atoms with E-state index >= 15 is 0 Å². The van der Waals surface area contributed by atoms with Crippen LogP contribution in [-0.2, 0) is 20.2 Å². The molecule has 0 aliphatic carbocycles. The lowest BCUT2D eigenvalue weighted by Gasteiger charge is -2.09. The topological polar surface area (TPSA) is 39.1 Å². The second kappa shape index (κ2) is 6.38. The number of aromatic nitrogens is 2. The van der Waals surface area contributed by atoms with Gasteiger partial charge in [0.05, 0.1) is 6.20 Å². The van der Waals surface area contributed by atoms with Crippen LogP contribution < -0.4 is 10.1 Å². The summed E-state index contributed by atoms with van der Waals surface area (Å²) in [5.74, 6) is 0.886. The van der Waals surface area contributed by atoms with Crippen molar-refractivity contribution in [3.63, 3.8) is 0 Å². The summed E-state index contributed by atoms with van der Waals surface area (Å²) in [6.45, 7) is 5.73. The van der Waals surface area contributed by atoms with E-state index in [4.69, 9.17) is 4.74 Å². The molecule has 0 radical (unpaired) electrons. The lowest BCUT2D eigenvalue weighted by Crippen LogP contribution is -2.21. The summed E-state index contributed by atoms with van der Waals surface area (Å²) in [5, 5.41) is 7.50. The van der Waals surface area contributed by atoms with Crippen LogP contribution in [0.4, 0.5) is 0 Å². The Hall–Kier alpha value is -1.81.